The number of hydrogen-bond acceptors (Lipinski definition) is 2. The van der Waals surface area contributed by atoms with Crippen molar-refractivity contribution >= 4 is 0 Å². The van der Waals surface area contributed by atoms with Crippen LogP contribution in [0.15, 0.2) is 60.7 Å². The topological polar surface area (TPSA) is 23.5 Å². The predicted molar refractivity (Wildman–Crippen MR) is 88.2 cm³/mol. The fraction of sp³-hybridized carbons (Fsp3) is 0.368. The molecule has 0 fully saturated rings. The number of nitrogens with zero attached hydrogens (tertiary/aromatic N) is 1. The molecular weight excluding hydrogens is 277 g/mol. The first-order valence-electron chi connectivity index (χ1n) is 7.61. The van der Waals surface area contributed by atoms with Gasteiger partial charge >= 0.3 is 0 Å². The smallest absolute Gasteiger partial charge is 0.108 e. The van der Waals surface area contributed by atoms with Crippen molar-refractivity contribution in [3.05, 3.63) is 71.8 Å². The van der Waals surface area contributed by atoms with Gasteiger partial charge in [-0.1, -0.05) is 60.7 Å². The Balaban J connectivity index is 2.23. The summed E-state index contributed by atoms with van der Waals surface area (Å²) in [7, 11) is 0. The van der Waals surface area contributed by atoms with Gasteiger partial charge in [0.1, 0.15) is 6.67 Å². The lowest BCUT2D eigenvalue weighted by atomic mass is 9.97. The Morgan fingerprint density at radius 3 is 1.64 bits per heavy atom. The van der Waals surface area contributed by atoms with Crippen LogP contribution in [-0.4, -0.2) is 28.3 Å². The van der Waals surface area contributed by atoms with Gasteiger partial charge in [-0.15, -0.1) is 0 Å². The lowest BCUT2D eigenvalue weighted by Gasteiger charge is -2.37. The minimum atomic E-state index is -1.10. The Bertz CT molecular complexity index is 509. The molecule has 0 aliphatic heterocycles. The van der Waals surface area contributed by atoms with Gasteiger partial charge in [0.2, 0.25) is 0 Å². The number of alkyl halides is 1. The van der Waals surface area contributed by atoms with E-state index in [4.69, 9.17) is 0 Å². The Hall–Kier alpha value is -1.71. The Kier molecular flexibility index (Phi) is 5.69. The normalized spacial score (nSPS) is 13.3. The largest absolute Gasteiger partial charge is 0.389 e. The van der Waals surface area contributed by atoms with Gasteiger partial charge in [-0.3, -0.25) is 4.90 Å². The molecule has 3 heteroatoms. The van der Waals surface area contributed by atoms with Crippen molar-refractivity contribution in [2.75, 3.05) is 6.67 Å². The number of benzene rings is 2. The zero-order chi connectivity index (χ0) is 16.0. The first-order valence-corrected chi connectivity index (χ1v) is 7.61. The van der Waals surface area contributed by atoms with Gasteiger partial charge in [0.15, 0.2) is 0 Å². The quantitative estimate of drug-likeness (QED) is 0.841. The van der Waals surface area contributed by atoms with E-state index in [2.05, 4.69) is 0 Å². The average Bonchev–Trinajstić information content (AvgIpc) is 2.48. The monoisotopic (exact) mass is 301 g/mol. The van der Waals surface area contributed by atoms with Gasteiger partial charge in [-0.2, -0.15) is 0 Å². The first-order chi connectivity index (χ1) is 10.5. The summed E-state index contributed by atoms with van der Waals surface area (Å²) < 4.78 is 13.6. The third-order valence-electron chi connectivity index (χ3n) is 3.86. The fourth-order valence-electron chi connectivity index (χ4n) is 2.65. The number of halogens is 1. The summed E-state index contributed by atoms with van der Waals surface area (Å²) in [6, 6.07) is 19.4. The maximum absolute atomic E-state index is 13.6. The molecule has 0 radical (unpaired) electrons. The van der Waals surface area contributed by atoms with E-state index < -0.39 is 18.3 Å². The maximum Gasteiger partial charge on any atom is 0.108 e. The average molecular weight is 301 g/mol. The molecule has 0 heterocycles. The summed E-state index contributed by atoms with van der Waals surface area (Å²) in [5.41, 5.74) is 1.13. The highest BCUT2D eigenvalue weighted by molar-refractivity contribution is 5.17. The molecule has 0 spiro atoms. The summed E-state index contributed by atoms with van der Waals surface area (Å²) in [5, 5.41) is 10.3. The van der Waals surface area contributed by atoms with Crippen molar-refractivity contribution in [2.24, 2.45) is 0 Å². The molecule has 2 aromatic carbocycles. The van der Waals surface area contributed by atoms with Crippen molar-refractivity contribution in [1.82, 2.24) is 4.90 Å². The molecule has 2 nitrogen and oxygen atoms in total. The highest BCUT2D eigenvalue weighted by Gasteiger charge is 2.32. The second-order valence-electron chi connectivity index (χ2n) is 6.20. The van der Waals surface area contributed by atoms with Gasteiger partial charge in [-0.25, -0.2) is 4.39 Å². The minimum absolute atomic E-state index is 0.548. The van der Waals surface area contributed by atoms with Crippen molar-refractivity contribution in [1.29, 1.82) is 0 Å². The van der Waals surface area contributed by atoms with Crippen molar-refractivity contribution < 1.29 is 9.50 Å². The molecule has 0 amide bonds. The maximum atomic E-state index is 13.6. The Labute approximate surface area is 132 Å². The molecule has 118 valence electrons. The second-order valence-corrected chi connectivity index (χ2v) is 6.20. The Morgan fingerprint density at radius 2 is 1.32 bits per heavy atom. The van der Waals surface area contributed by atoms with E-state index in [1.807, 2.05) is 65.6 Å². The van der Waals surface area contributed by atoms with E-state index in [1.165, 1.54) is 0 Å². The van der Waals surface area contributed by atoms with Crippen LogP contribution in [0, 0.1) is 0 Å². The number of hydrogen-bond donors (Lipinski definition) is 1. The molecule has 2 aromatic rings. The van der Waals surface area contributed by atoms with Crippen LogP contribution >= 0.6 is 0 Å². The first kappa shape index (κ1) is 16.7. The van der Waals surface area contributed by atoms with Gasteiger partial charge in [0.25, 0.3) is 0 Å². The summed E-state index contributed by atoms with van der Waals surface area (Å²) in [5.74, 6) is 0. The van der Waals surface area contributed by atoms with Gasteiger partial charge in [-0.05, 0) is 25.0 Å². The zero-order valence-corrected chi connectivity index (χ0v) is 13.2. The highest BCUT2D eigenvalue weighted by Crippen LogP contribution is 2.21. The van der Waals surface area contributed by atoms with Gasteiger partial charge in [0, 0.05) is 13.1 Å². The van der Waals surface area contributed by atoms with Crippen LogP contribution in [0.5, 0.6) is 0 Å². The standard InChI is InChI=1S/C19H24FNO/c1-19(2,22)18(13-20)21(14-16-9-5-3-6-10-16)15-17-11-7-4-8-12-17/h3-12,18,22H,13-15H2,1-2H3/t18-/m1/s1. The molecular formula is C19H24FNO. The third kappa shape index (κ3) is 4.65. The van der Waals surface area contributed by atoms with E-state index in [0.29, 0.717) is 13.1 Å². The molecule has 0 aliphatic rings. The van der Waals surface area contributed by atoms with Gasteiger partial charge < -0.3 is 5.11 Å². The third-order valence-corrected chi connectivity index (χ3v) is 3.86. The van der Waals surface area contributed by atoms with Crippen LogP contribution in [0.25, 0.3) is 0 Å². The molecule has 0 unspecified atom stereocenters. The summed E-state index contributed by atoms with van der Waals surface area (Å²) in [6.07, 6.45) is 0. The van der Waals surface area contributed by atoms with E-state index in [9.17, 15) is 9.50 Å². The molecule has 1 N–H and O–H groups in total. The predicted octanol–water partition coefficient (Wildman–Crippen LogP) is 3.80. The zero-order valence-electron chi connectivity index (χ0n) is 13.2. The summed E-state index contributed by atoms with van der Waals surface area (Å²) in [4.78, 5) is 2.00. The van der Waals surface area contributed by atoms with Crippen LogP contribution in [0.2, 0.25) is 0 Å². The van der Waals surface area contributed by atoms with Crippen LogP contribution < -0.4 is 0 Å². The summed E-state index contributed by atoms with van der Waals surface area (Å²) >= 11 is 0. The molecule has 0 saturated heterocycles. The molecule has 0 saturated carbocycles. The lowest BCUT2D eigenvalue weighted by Crippen LogP contribution is -2.50. The van der Waals surface area contributed by atoms with Crippen LogP contribution in [0.1, 0.15) is 25.0 Å². The summed E-state index contributed by atoms with van der Waals surface area (Å²) in [6.45, 7) is 3.96. The van der Waals surface area contributed by atoms with Crippen molar-refractivity contribution in [2.45, 2.75) is 38.6 Å². The molecule has 1 atom stereocenters. The number of aliphatic hydroxyl groups is 1. The second kappa shape index (κ2) is 7.52. The SMILES string of the molecule is CC(C)(O)[C@@H](CF)N(Cc1ccccc1)Cc1ccccc1. The van der Waals surface area contributed by atoms with Crippen LogP contribution in [0.4, 0.5) is 4.39 Å². The molecule has 0 bridgehead atoms. The van der Waals surface area contributed by atoms with Crippen LogP contribution in [-0.2, 0) is 13.1 Å². The molecule has 2 rings (SSSR count). The molecule has 0 aromatic heterocycles. The Morgan fingerprint density at radius 1 is 0.909 bits per heavy atom. The van der Waals surface area contributed by atoms with E-state index >= 15 is 0 Å². The molecule has 0 aliphatic carbocycles. The van der Waals surface area contributed by atoms with Gasteiger partial charge in [0.05, 0.1) is 11.6 Å². The fourth-order valence-corrected chi connectivity index (χ4v) is 2.65. The van der Waals surface area contributed by atoms with Crippen LogP contribution in [0.3, 0.4) is 0 Å². The van der Waals surface area contributed by atoms with Crippen molar-refractivity contribution in [3.8, 4) is 0 Å². The van der Waals surface area contributed by atoms with E-state index in [1.54, 1.807) is 13.8 Å². The lowest BCUT2D eigenvalue weighted by molar-refractivity contribution is -0.0365. The van der Waals surface area contributed by atoms with E-state index in [-0.39, 0.29) is 0 Å². The molecule has 22 heavy (non-hydrogen) atoms. The number of rotatable bonds is 7. The highest BCUT2D eigenvalue weighted by atomic mass is 19.1. The minimum Gasteiger partial charge on any atom is -0.389 e. The van der Waals surface area contributed by atoms with E-state index in [0.717, 1.165) is 11.1 Å². The van der Waals surface area contributed by atoms with Crippen molar-refractivity contribution in [3.63, 3.8) is 0 Å².